The van der Waals surface area contributed by atoms with Crippen LogP contribution < -0.4 is 5.32 Å². The quantitative estimate of drug-likeness (QED) is 0.563. The number of carbonyl (C=O) groups is 1. The molecule has 0 saturated carbocycles. The summed E-state index contributed by atoms with van der Waals surface area (Å²) in [6.45, 7) is 0. The predicted octanol–water partition coefficient (Wildman–Crippen LogP) is 6.01. The molecule has 0 saturated heterocycles. The maximum atomic E-state index is 12.9. The van der Waals surface area contributed by atoms with E-state index in [2.05, 4.69) is 5.32 Å². The molecule has 0 atom stereocenters. The largest absolute Gasteiger partial charge is 0.451 e. The van der Waals surface area contributed by atoms with Gasteiger partial charge in [0.15, 0.2) is 5.76 Å². The second-order valence-electron chi connectivity index (χ2n) is 5.32. The molecule has 1 N–H and O–H groups in total. The van der Waals surface area contributed by atoms with E-state index in [1.165, 1.54) is 36.4 Å². The lowest BCUT2D eigenvalue weighted by Crippen LogP contribution is -2.12. The van der Waals surface area contributed by atoms with Gasteiger partial charge < -0.3 is 9.73 Å². The number of anilines is 1. The first-order chi connectivity index (χ1) is 12.2. The molecule has 0 bridgehead atoms. The van der Waals surface area contributed by atoms with Gasteiger partial charge >= 0.3 is 6.18 Å². The molecule has 3 aromatic rings. The van der Waals surface area contributed by atoms with E-state index in [0.717, 1.165) is 18.2 Å². The zero-order chi connectivity index (χ0) is 18.9. The van der Waals surface area contributed by atoms with Gasteiger partial charge in [-0.25, -0.2) is 4.39 Å². The minimum atomic E-state index is -4.58. The van der Waals surface area contributed by atoms with Gasteiger partial charge in [0.05, 0.1) is 10.6 Å². The summed E-state index contributed by atoms with van der Waals surface area (Å²) < 4.78 is 56.4. The standard InChI is InChI=1S/C18H10ClF4NO2/c19-14-9-12(5-6-13(14)18(21,22)23)24-17(25)16-8-7-15(26-16)10-1-3-11(20)4-2-10/h1-9H,(H,24,25). The monoisotopic (exact) mass is 383 g/mol. The van der Waals surface area contributed by atoms with Crippen molar-refractivity contribution in [2.24, 2.45) is 0 Å². The van der Waals surface area contributed by atoms with Gasteiger partial charge in [-0.05, 0) is 54.6 Å². The summed E-state index contributed by atoms with van der Waals surface area (Å²) in [5.74, 6) is -0.771. The number of alkyl halides is 3. The lowest BCUT2D eigenvalue weighted by molar-refractivity contribution is -0.137. The lowest BCUT2D eigenvalue weighted by Gasteiger charge is -2.10. The minimum absolute atomic E-state index is 0.0552. The van der Waals surface area contributed by atoms with E-state index in [9.17, 15) is 22.4 Å². The van der Waals surface area contributed by atoms with Gasteiger partial charge in [-0.1, -0.05) is 11.6 Å². The van der Waals surface area contributed by atoms with Gasteiger partial charge in [0.25, 0.3) is 5.91 Å². The van der Waals surface area contributed by atoms with E-state index in [-0.39, 0.29) is 11.4 Å². The molecule has 0 aliphatic rings. The summed E-state index contributed by atoms with van der Waals surface area (Å²) in [5, 5.41) is 1.88. The first kappa shape index (κ1) is 18.0. The summed E-state index contributed by atoms with van der Waals surface area (Å²) >= 11 is 5.62. The molecule has 0 aliphatic heterocycles. The van der Waals surface area contributed by atoms with Crippen molar-refractivity contribution in [1.82, 2.24) is 0 Å². The Morgan fingerprint density at radius 1 is 1.00 bits per heavy atom. The first-order valence-corrected chi connectivity index (χ1v) is 7.66. The molecule has 26 heavy (non-hydrogen) atoms. The van der Waals surface area contributed by atoms with Gasteiger partial charge in [-0.3, -0.25) is 4.79 Å². The number of hydrogen-bond donors (Lipinski definition) is 1. The second kappa shape index (κ2) is 6.84. The zero-order valence-electron chi connectivity index (χ0n) is 12.9. The molecule has 1 aromatic heterocycles. The van der Waals surface area contributed by atoms with Crippen LogP contribution in [0.15, 0.2) is 59.0 Å². The van der Waals surface area contributed by atoms with E-state index < -0.39 is 28.5 Å². The number of rotatable bonds is 3. The third-order valence-corrected chi connectivity index (χ3v) is 3.80. The van der Waals surface area contributed by atoms with Gasteiger partial charge in [-0.2, -0.15) is 13.2 Å². The topological polar surface area (TPSA) is 42.2 Å². The molecule has 3 rings (SSSR count). The smallest absolute Gasteiger partial charge is 0.417 e. The summed E-state index contributed by atoms with van der Waals surface area (Å²) in [5.41, 5.74) is -0.329. The van der Waals surface area contributed by atoms with Crippen LogP contribution in [0.2, 0.25) is 5.02 Å². The number of halogens is 5. The number of benzene rings is 2. The molecule has 0 radical (unpaired) electrons. The number of carbonyl (C=O) groups excluding carboxylic acids is 1. The predicted molar refractivity (Wildman–Crippen MR) is 88.5 cm³/mol. The molecule has 134 valence electrons. The van der Waals surface area contributed by atoms with E-state index in [4.69, 9.17) is 16.0 Å². The fourth-order valence-corrected chi connectivity index (χ4v) is 2.53. The van der Waals surface area contributed by atoms with Gasteiger partial charge in [0, 0.05) is 11.3 Å². The number of furan rings is 1. The first-order valence-electron chi connectivity index (χ1n) is 7.28. The van der Waals surface area contributed by atoms with Crippen molar-refractivity contribution < 1.29 is 26.8 Å². The Kier molecular flexibility index (Phi) is 4.73. The summed E-state index contributed by atoms with van der Waals surface area (Å²) in [6, 6.07) is 11.3. The van der Waals surface area contributed by atoms with Gasteiger partial charge in [0.2, 0.25) is 0 Å². The highest BCUT2D eigenvalue weighted by molar-refractivity contribution is 6.31. The van der Waals surface area contributed by atoms with Crippen LogP contribution in [0.3, 0.4) is 0 Å². The highest BCUT2D eigenvalue weighted by atomic mass is 35.5. The highest BCUT2D eigenvalue weighted by Crippen LogP contribution is 2.36. The maximum Gasteiger partial charge on any atom is 0.417 e. The van der Waals surface area contributed by atoms with Crippen molar-refractivity contribution in [3.8, 4) is 11.3 Å². The Morgan fingerprint density at radius 3 is 2.31 bits per heavy atom. The zero-order valence-corrected chi connectivity index (χ0v) is 13.7. The maximum absolute atomic E-state index is 12.9. The van der Waals surface area contributed by atoms with Crippen LogP contribution in [0.5, 0.6) is 0 Å². The molecule has 1 amide bonds. The lowest BCUT2D eigenvalue weighted by atomic mass is 10.2. The van der Waals surface area contributed by atoms with Crippen molar-refractivity contribution in [3.63, 3.8) is 0 Å². The van der Waals surface area contributed by atoms with E-state index in [1.54, 1.807) is 0 Å². The van der Waals surface area contributed by atoms with Crippen molar-refractivity contribution in [3.05, 3.63) is 76.8 Å². The molecule has 1 heterocycles. The molecule has 0 fully saturated rings. The molecule has 0 unspecified atom stereocenters. The van der Waals surface area contributed by atoms with Crippen molar-refractivity contribution in [2.45, 2.75) is 6.18 Å². The Bertz CT molecular complexity index is 949. The summed E-state index contributed by atoms with van der Waals surface area (Å²) in [7, 11) is 0. The molecule has 8 heteroatoms. The molecule has 3 nitrogen and oxygen atoms in total. The van der Waals surface area contributed by atoms with Crippen LogP contribution in [0, 0.1) is 5.82 Å². The Morgan fingerprint density at radius 2 is 1.69 bits per heavy atom. The fraction of sp³-hybridized carbons (Fsp3) is 0.0556. The average Bonchev–Trinajstić information content (AvgIpc) is 3.04. The third-order valence-electron chi connectivity index (χ3n) is 3.49. The Balaban J connectivity index is 1.77. The van der Waals surface area contributed by atoms with Crippen LogP contribution >= 0.6 is 11.6 Å². The number of nitrogens with one attached hydrogen (secondary N) is 1. The van der Waals surface area contributed by atoms with E-state index >= 15 is 0 Å². The van der Waals surface area contributed by atoms with Gasteiger partial charge in [0.1, 0.15) is 11.6 Å². The second-order valence-corrected chi connectivity index (χ2v) is 5.72. The molecule has 0 spiro atoms. The van der Waals surface area contributed by atoms with Crippen LogP contribution in [-0.2, 0) is 6.18 Å². The average molecular weight is 384 g/mol. The summed E-state index contributed by atoms with van der Waals surface area (Å²) in [6.07, 6.45) is -4.58. The molecule has 0 aliphatic carbocycles. The SMILES string of the molecule is O=C(Nc1ccc(C(F)(F)F)c(Cl)c1)c1ccc(-c2ccc(F)cc2)o1. The van der Waals surface area contributed by atoms with Crippen molar-refractivity contribution >= 4 is 23.2 Å². The van der Waals surface area contributed by atoms with Crippen LogP contribution in [0.1, 0.15) is 16.1 Å². The number of hydrogen-bond acceptors (Lipinski definition) is 2. The molecular weight excluding hydrogens is 374 g/mol. The van der Waals surface area contributed by atoms with Gasteiger partial charge in [-0.15, -0.1) is 0 Å². The van der Waals surface area contributed by atoms with Crippen LogP contribution in [0.4, 0.5) is 23.2 Å². The van der Waals surface area contributed by atoms with Crippen LogP contribution in [-0.4, -0.2) is 5.91 Å². The molecule has 2 aromatic carbocycles. The van der Waals surface area contributed by atoms with E-state index in [1.807, 2.05) is 0 Å². The third kappa shape index (κ3) is 3.88. The Hall–Kier alpha value is -2.80. The van der Waals surface area contributed by atoms with Crippen molar-refractivity contribution in [2.75, 3.05) is 5.32 Å². The van der Waals surface area contributed by atoms with Crippen molar-refractivity contribution in [1.29, 1.82) is 0 Å². The normalized spacial score (nSPS) is 11.4. The summed E-state index contributed by atoms with van der Waals surface area (Å²) in [4.78, 5) is 12.2. The highest BCUT2D eigenvalue weighted by Gasteiger charge is 2.33. The minimum Gasteiger partial charge on any atom is -0.451 e. The van der Waals surface area contributed by atoms with Crippen LogP contribution in [0.25, 0.3) is 11.3 Å². The molecular formula is C18H10ClF4NO2. The Labute approximate surface area is 150 Å². The fourth-order valence-electron chi connectivity index (χ4n) is 2.24. The van der Waals surface area contributed by atoms with E-state index in [0.29, 0.717) is 11.3 Å². The number of amides is 1.